The predicted molar refractivity (Wildman–Crippen MR) is 73.6 cm³/mol. The summed E-state index contributed by atoms with van der Waals surface area (Å²) >= 11 is 8.95. The maximum Gasteiger partial charge on any atom is 0.337 e. The lowest BCUT2D eigenvalue weighted by Gasteiger charge is -2.08. The van der Waals surface area contributed by atoms with Crippen molar-refractivity contribution in [2.45, 2.75) is 0 Å². The molecule has 98 valence electrons. The normalized spacial score (nSPS) is 10.3. The van der Waals surface area contributed by atoms with Crippen molar-refractivity contribution in [2.24, 2.45) is 0 Å². The minimum Gasteiger partial charge on any atom is -0.478 e. The summed E-state index contributed by atoms with van der Waals surface area (Å²) < 4.78 is 13.7. The van der Waals surface area contributed by atoms with Gasteiger partial charge in [0.1, 0.15) is 11.6 Å². The molecule has 4 nitrogen and oxygen atoms in total. The molecule has 0 radical (unpaired) electrons. The molecule has 0 spiro atoms. The van der Waals surface area contributed by atoms with E-state index in [1.54, 1.807) is 6.07 Å². The van der Waals surface area contributed by atoms with E-state index >= 15 is 0 Å². The zero-order valence-electron chi connectivity index (χ0n) is 9.32. The van der Waals surface area contributed by atoms with Crippen LogP contribution in [-0.2, 0) is 0 Å². The van der Waals surface area contributed by atoms with Gasteiger partial charge in [-0.25, -0.2) is 14.2 Å². The van der Waals surface area contributed by atoms with E-state index in [0.717, 1.165) is 0 Å². The van der Waals surface area contributed by atoms with Gasteiger partial charge in [-0.15, -0.1) is 0 Å². The molecule has 0 aliphatic carbocycles. The Morgan fingerprint density at radius 1 is 1.42 bits per heavy atom. The maximum absolute atomic E-state index is 13.3. The molecule has 0 unspecified atom stereocenters. The van der Waals surface area contributed by atoms with E-state index in [1.165, 1.54) is 24.4 Å². The maximum atomic E-state index is 13.3. The molecule has 0 saturated heterocycles. The van der Waals surface area contributed by atoms with Crippen LogP contribution in [-0.4, -0.2) is 16.1 Å². The third-order valence-corrected chi connectivity index (χ3v) is 3.20. The average molecular weight is 346 g/mol. The Morgan fingerprint density at radius 3 is 2.74 bits per heavy atom. The van der Waals surface area contributed by atoms with Crippen molar-refractivity contribution < 1.29 is 14.3 Å². The summed E-state index contributed by atoms with van der Waals surface area (Å²) in [6.07, 6.45) is 1.17. The molecule has 19 heavy (non-hydrogen) atoms. The van der Waals surface area contributed by atoms with Crippen molar-refractivity contribution in [3.05, 3.63) is 51.3 Å². The standard InChI is InChI=1S/C12H7BrClFN2O2/c13-8-2-1-7(4-10(8)15)17-11-9(14)3-6(5-16-11)12(18)19/h1-5H,(H,16,17)(H,18,19). The van der Waals surface area contributed by atoms with E-state index in [2.05, 4.69) is 26.2 Å². The molecule has 1 aromatic heterocycles. The minimum atomic E-state index is -1.12. The number of benzene rings is 1. The molecule has 0 bridgehead atoms. The van der Waals surface area contributed by atoms with Crippen molar-refractivity contribution >= 4 is 45.0 Å². The number of carboxylic acids is 1. The molecule has 2 aromatic rings. The number of aromatic nitrogens is 1. The van der Waals surface area contributed by atoms with Crippen molar-refractivity contribution in [3.63, 3.8) is 0 Å². The Hall–Kier alpha value is -1.66. The van der Waals surface area contributed by atoms with Crippen LogP contribution in [0, 0.1) is 5.82 Å². The van der Waals surface area contributed by atoms with E-state index in [4.69, 9.17) is 16.7 Å². The summed E-state index contributed by atoms with van der Waals surface area (Å²) in [5.41, 5.74) is 0.440. The average Bonchev–Trinajstić information content (AvgIpc) is 2.36. The Labute approximate surface area is 121 Å². The highest BCUT2D eigenvalue weighted by Gasteiger charge is 2.09. The number of hydrogen-bond acceptors (Lipinski definition) is 3. The number of pyridine rings is 1. The van der Waals surface area contributed by atoms with E-state index < -0.39 is 11.8 Å². The fourth-order valence-corrected chi connectivity index (χ4v) is 1.82. The first-order chi connectivity index (χ1) is 8.97. The number of halogens is 3. The first-order valence-corrected chi connectivity index (χ1v) is 6.25. The summed E-state index contributed by atoms with van der Waals surface area (Å²) in [4.78, 5) is 14.6. The predicted octanol–water partition coefficient (Wildman–Crippen LogP) is 4.08. The van der Waals surface area contributed by atoms with Gasteiger partial charge < -0.3 is 10.4 Å². The van der Waals surface area contributed by atoms with Crippen molar-refractivity contribution in [1.29, 1.82) is 0 Å². The molecule has 0 fully saturated rings. The number of carbonyl (C=O) groups is 1. The summed E-state index contributed by atoms with van der Waals surface area (Å²) in [6, 6.07) is 5.72. The number of hydrogen-bond donors (Lipinski definition) is 2. The van der Waals surface area contributed by atoms with Crippen LogP contribution in [0.4, 0.5) is 15.9 Å². The highest BCUT2D eigenvalue weighted by molar-refractivity contribution is 9.10. The second-order valence-electron chi connectivity index (χ2n) is 3.61. The molecule has 0 amide bonds. The fraction of sp³-hybridized carbons (Fsp3) is 0. The van der Waals surface area contributed by atoms with Gasteiger partial charge in [0.15, 0.2) is 0 Å². The van der Waals surface area contributed by atoms with Gasteiger partial charge in [-0.1, -0.05) is 11.6 Å². The van der Waals surface area contributed by atoms with Gasteiger partial charge in [0, 0.05) is 11.9 Å². The molecular formula is C12H7BrClFN2O2. The van der Waals surface area contributed by atoms with Crippen molar-refractivity contribution in [2.75, 3.05) is 5.32 Å². The monoisotopic (exact) mass is 344 g/mol. The molecule has 7 heteroatoms. The summed E-state index contributed by atoms with van der Waals surface area (Å²) in [7, 11) is 0. The molecule has 2 N–H and O–H groups in total. The van der Waals surface area contributed by atoms with E-state index in [9.17, 15) is 9.18 Å². The largest absolute Gasteiger partial charge is 0.478 e. The second kappa shape index (κ2) is 5.54. The van der Waals surface area contributed by atoms with Gasteiger partial charge in [-0.3, -0.25) is 0 Å². The number of anilines is 2. The SMILES string of the molecule is O=C(O)c1cnc(Nc2ccc(Br)c(F)c2)c(Cl)c1. The molecular weight excluding hydrogens is 338 g/mol. The third kappa shape index (κ3) is 3.21. The Kier molecular flexibility index (Phi) is 4.01. The van der Waals surface area contributed by atoms with Crippen LogP contribution in [0.3, 0.4) is 0 Å². The van der Waals surface area contributed by atoms with E-state index in [1.807, 2.05) is 0 Å². The zero-order chi connectivity index (χ0) is 14.0. The van der Waals surface area contributed by atoms with Crippen LogP contribution in [0.1, 0.15) is 10.4 Å². The molecule has 0 aliphatic heterocycles. The van der Waals surface area contributed by atoms with Gasteiger partial charge in [0.05, 0.1) is 15.1 Å². The zero-order valence-corrected chi connectivity index (χ0v) is 11.7. The number of nitrogens with one attached hydrogen (secondary N) is 1. The van der Waals surface area contributed by atoms with Crippen molar-refractivity contribution in [1.82, 2.24) is 4.98 Å². The Morgan fingerprint density at radius 2 is 2.16 bits per heavy atom. The second-order valence-corrected chi connectivity index (χ2v) is 4.88. The highest BCUT2D eigenvalue weighted by atomic mass is 79.9. The summed E-state index contributed by atoms with van der Waals surface area (Å²) in [6.45, 7) is 0. The molecule has 1 aromatic carbocycles. The summed E-state index contributed by atoms with van der Waals surface area (Å²) in [5.74, 6) is -1.28. The van der Waals surface area contributed by atoms with Crippen LogP contribution in [0.2, 0.25) is 5.02 Å². The lowest BCUT2D eigenvalue weighted by molar-refractivity contribution is 0.0696. The van der Waals surface area contributed by atoms with Crippen molar-refractivity contribution in [3.8, 4) is 0 Å². The lowest BCUT2D eigenvalue weighted by Crippen LogP contribution is -2.00. The van der Waals surface area contributed by atoms with Gasteiger partial charge in [0.25, 0.3) is 0 Å². The minimum absolute atomic E-state index is 0.0162. The smallest absolute Gasteiger partial charge is 0.337 e. The van der Waals surface area contributed by atoms with E-state index in [-0.39, 0.29) is 16.4 Å². The summed E-state index contributed by atoms with van der Waals surface area (Å²) in [5, 5.41) is 11.7. The number of carboxylic acid groups (broad SMARTS) is 1. The fourth-order valence-electron chi connectivity index (χ4n) is 1.36. The van der Waals surface area contributed by atoms with Gasteiger partial charge in [-0.05, 0) is 40.2 Å². The van der Waals surface area contributed by atoms with Gasteiger partial charge in [0.2, 0.25) is 0 Å². The number of nitrogens with zero attached hydrogens (tertiary/aromatic N) is 1. The van der Waals surface area contributed by atoms with Gasteiger partial charge >= 0.3 is 5.97 Å². The molecule has 2 rings (SSSR count). The molecule has 0 saturated carbocycles. The number of aromatic carboxylic acids is 1. The van der Waals surface area contributed by atoms with Crippen LogP contribution in [0.25, 0.3) is 0 Å². The van der Waals surface area contributed by atoms with Crippen LogP contribution >= 0.6 is 27.5 Å². The third-order valence-electron chi connectivity index (χ3n) is 2.27. The first kappa shape index (κ1) is 13.8. The molecule has 1 heterocycles. The highest BCUT2D eigenvalue weighted by Crippen LogP contribution is 2.26. The van der Waals surface area contributed by atoms with Crippen LogP contribution in [0.5, 0.6) is 0 Å². The molecule has 0 aliphatic rings. The van der Waals surface area contributed by atoms with Gasteiger partial charge in [-0.2, -0.15) is 0 Å². The van der Waals surface area contributed by atoms with E-state index in [0.29, 0.717) is 10.2 Å². The first-order valence-electron chi connectivity index (χ1n) is 5.08. The Bertz CT molecular complexity index is 652. The molecule has 0 atom stereocenters. The lowest BCUT2D eigenvalue weighted by atomic mass is 10.2. The topological polar surface area (TPSA) is 62.2 Å². The van der Waals surface area contributed by atoms with Crippen LogP contribution < -0.4 is 5.32 Å². The quantitative estimate of drug-likeness (QED) is 0.880. The van der Waals surface area contributed by atoms with Crippen LogP contribution in [0.15, 0.2) is 34.9 Å². The Balaban J connectivity index is 2.28. The number of rotatable bonds is 3.